The molecule has 1 N–H and O–H groups in total. The average Bonchev–Trinajstić information content (AvgIpc) is 3.32. The smallest absolute Gasteiger partial charge is 0.264 e. The van der Waals surface area contributed by atoms with Gasteiger partial charge in [-0.05, 0) is 17.7 Å². The molecule has 1 aromatic heterocycles. The van der Waals surface area contributed by atoms with Gasteiger partial charge in [0.05, 0.1) is 5.57 Å². The molecule has 31 heavy (non-hydrogen) atoms. The van der Waals surface area contributed by atoms with Crippen molar-refractivity contribution in [3.05, 3.63) is 87.8 Å². The Morgan fingerprint density at radius 1 is 1.10 bits per heavy atom. The predicted molar refractivity (Wildman–Crippen MR) is 121 cm³/mol. The van der Waals surface area contributed by atoms with Crippen LogP contribution in [0.5, 0.6) is 0 Å². The second kappa shape index (κ2) is 7.81. The molecule has 2 aromatic carbocycles. The van der Waals surface area contributed by atoms with E-state index in [4.69, 9.17) is 4.52 Å². The highest BCUT2D eigenvalue weighted by molar-refractivity contribution is 9.10. The second-order valence-electron chi connectivity index (χ2n) is 8.37. The number of rotatable bonds is 4. The molecule has 0 fully saturated rings. The molecule has 1 atom stereocenters. The third-order valence-electron chi connectivity index (χ3n) is 5.13. The number of hydrogen-bond acceptors (Lipinski definition) is 5. The number of benzene rings is 2. The molecule has 0 aliphatic carbocycles. The predicted octanol–water partition coefficient (Wildman–Crippen LogP) is 5.30. The van der Waals surface area contributed by atoms with Gasteiger partial charge in [-0.15, -0.1) is 0 Å². The minimum atomic E-state index is -1.23. The van der Waals surface area contributed by atoms with Gasteiger partial charge in [-0.25, -0.2) is 0 Å². The summed E-state index contributed by atoms with van der Waals surface area (Å²) in [6.45, 7) is 5.87. The van der Waals surface area contributed by atoms with Crippen LogP contribution in [0.1, 0.15) is 42.5 Å². The highest BCUT2D eigenvalue weighted by Crippen LogP contribution is 2.38. The summed E-state index contributed by atoms with van der Waals surface area (Å²) in [6, 6.07) is 15.9. The average molecular weight is 481 g/mol. The fourth-order valence-corrected chi connectivity index (χ4v) is 3.73. The van der Waals surface area contributed by atoms with E-state index in [0.717, 1.165) is 4.47 Å². The van der Waals surface area contributed by atoms with Gasteiger partial charge in [-0.2, -0.15) is 0 Å². The van der Waals surface area contributed by atoms with Gasteiger partial charge in [0.15, 0.2) is 17.6 Å². The SMILES string of the molecule is CC(C)(C)c1cc(N2C(=O)C(c3ccc(Br)cc3)=C(O)C2C(=O)c2ccccc2)no1. The van der Waals surface area contributed by atoms with Crippen LogP contribution in [0.3, 0.4) is 0 Å². The van der Waals surface area contributed by atoms with Crippen molar-refractivity contribution in [3.63, 3.8) is 0 Å². The van der Waals surface area contributed by atoms with Gasteiger partial charge in [-0.1, -0.05) is 84.3 Å². The Morgan fingerprint density at radius 2 is 1.74 bits per heavy atom. The Labute approximate surface area is 188 Å². The second-order valence-corrected chi connectivity index (χ2v) is 9.29. The summed E-state index contributed by atoms with van der Waals surface area (Å²) in [5.74, 6) is -0.469. The first-order valence-corrected chi connectivity index (χ1v) is 10.6. The quantitative estimate of drug-likeness (QED) is 0.512. The lowest BCUT2D eigenvalue weighted by Crippen LogP contribution is -2.41. The molecule has 4 rings (SSSR count). The van der Waals surface area contributed by atoms with E-state index in [0.29, 0.717) is 16.9 Å². The molecule has 158 valence electrons. The number of aliphatic hydroxyl groups is 1. The zero-order valence-electron chi connectivity index (χ0n) is 17.3. The highest BCUT2D eigenvalue weighted by atomic mass is 79.9. The molecule has 1 aliphatic rings. The number of nitrogens with zero attached hydrogens (tertiary/aromatic N) is 2. The van der Waals surface area contributed by atoms with Crippen LogP contribution in [0.4, 0.5) is 5.82 Å². The lowest BCUT2D eigenvalue weighted by molar-refractivity contribution is -0.113. The van der Waals surface area contributed by atoms with Crippen molar-refractivity contribution in [1.82, 2.24) is 5.16 Å². The van der Waals surface area contributed by atoms with Crippen LogP contribution in [-0.4, -0.2) is 28.0 Å². The molecule has 1 aliphatic heterocycles. The molecule has 1 unspecified atom stereocenters. The number of amides is 1. The van der Waals surface area contributed by atoms with Crippen LogP contribution in [0.15, 0.2) is 75.4 Å². The van der Waals surface area contributed by atoms with E-state index in [2.05, 4.69) is 21.1 Å². The lowest BCUT2D eigenvalue weighted by Gasteiger charge is -2.21. The van der Waals surface area contributed by atoms with Crippen molar-refractivity contribution >= 4 is 39.0 Å². The number of halogens is 1. The Hall–Kier alpha value is -3.19. The summed E-state index contributed by atoms with van der Waals surface area (Å²) in [5, 5.41) is 15.1. The molecule has 2 heterocycles. The maximum absolute atomic E-state index is 13.5. The molecule has 7 heteroatoms. The normalized spacial score (nSPS) is 16.8. The zero-order chi connectivity index (χ0) is 22.3. The van der Waals surface area contributed by atoms with Crippen LogP contribution in [0.2, 0.25) is 0 Å². The molecule has 1 amide bonds. The van der Waals surface area contributed by atoms with Crippen LogP contribution in [0, 0.1) is 0 Å². The number of aliphatic hydroxyl groups excluding tert-OH is 1. The third kappa shape index (κ3) is 3.81. The fraction of sp³-hybridized carbons (Fsp3) is 0.208. The number of anilines is 1. The van der Waals surface area contributed by atoms with Crippen molar-refractivity contribution in [2.75, 3.05) is 4.90 Å². The highest BCUT2D eigenvalue weighted by Gasteiger charge is 2.46. The first-order chi connectivity index (χ1) is 14.7. The van der Waals surface area contributed by atoms with Crippen LogP contribution in [-0.2, 0) is 10.2 Å². The van der Waals surface area contributed by atoms with E-state index in [-0.39, 0.29) is 22.6 Å². The van der Waals surface area contributed by atoms with E-state index in [1.807, 2.05) is 20.8 Å². The van der Waals surface area contributed by atoms with Crippen molar-refractivity contribution in [2.45, 2.75) is 32.2 Å². The minimum absolute atomic E-state index is 0.0714. The van der Waals surface area contributed by atoms with Gasteiger partial charge >= 0.3 is 0 Å². The van der Waals surface area contributed by atoms with Gasteiger partial charge in [-0.3, -0.25) is 14.5 Å². The van der Waals surface area contributed by atoms with Crippen LogP contribution >= 0.6 is 15.9 Å². The van der Waals surface area contributed by atoms with Gasteiger partial charge in [0.1, 0.15) is 11.5 Å². The van der Waals surface area contributed by atoms with Gasteiger partial charge < -0.3 is 9.63 Å². The number of Topliss-reactive ketones (excluding diaryl/α,β-unsaturated/α-hetero) is 1. The number of hydrogen-bond donors (Lipinski definition) is 1. The van der Waals surface area contributed by atoms with Crippen LogP contribution in [0.25, 0.3) is 5.57 Å². The minimum Gasteiger partial charge on any atom is -0.509 e. The maximum atomic E-state index is 13.5. The van der Waals surface area contributed by atoms with E-state index >= 15 is 0 Å². The first kappa shape index (κ1) is 21.1. The summed E-state index contributed by atoms with van der Waals surface area (Å²) in [5.41, 5.74) is 0.630. The number of carbonyl (C=O) groups is 2. The maximum Gasteiger partial charge on any atom is 0.264 e. The molecule has 0 spiro atoms. The molecule has 3 aromatic rings. The van der Waals surface area contributed by atoms with E-state index in [9.17, 15) is 14.7 Å². The third-order valence-corrected chi connectivity index (χ3v) is 5.66. The standard InChI is InChI=1S/C24H21BrN2O4/c1-24(2,3)17-13-18(26-31-17)27-20(21(28)15-7-5-4-6-8-15)22(29)19(23(27)30)14-9-11-16(25)12-10-14/h4-13,20,29H,1-3H3. The number of carbonyl (C=O) groups excluding carboxylic acids is 2. The Bertz CT molecular complexity index is 1170. The summed E-state index contributed by atoms with van der Waals surface area (Å²) >= 11 is 3.37. The van der Waals surface area contributed by atoms with E-state index < -0.39 is 17.7 Å². The zero-order valence-corrected chi connectivity index (χ0v) is 18.9. The van der Waals surface area contributed by atoms with E-state index in [1.165, 1.54) is 4.90 Å². The van der Waals surface area contributed by atoms with Crippen molar-refractivity contribution in [1.29, 1.82) is 0 Å². The molecular weight excluding hydrogens is 460 g/mol. The summed E-state index contributed by atoms with van der Waals surface area (Å²) in [6.07, 6.45) is 0. The van der Waals surface area contributed by atoms with Crippen molar-refractivity contribution < 1.29 is 19.2 Å². The summed E-state index contributed by atoms with van der Waals surface area (Å²) in [4.78, 5) is 28.0. The number of aromatic nitrogens is 1. The lowest BCUT2D eigenvalue weighted by atomic mass is 9.93. The first-order valence-electron chi connectivity index (χ1n) is 9.77. The Balaban J connectivity index is 1.84. The molecule has 6 nitrogen and oxygen atoms in total. The molecule has 0 bridgehead atoms. The largest absolute Gasteiger partial charge is 0.509 e. The molecule has 0 radical (unpaired) electrons. The van der Waals surface area contributed by atoms with Gasteiger partial charge in [0.2, 0.25) is 0 Å². The Morgan fingerprint density at radius 3 is 2.32 bits per heavy atom. The molecular formula is C24H21BrN2O4. The summed E-state index contributed by atoms with van der Waals surface area (Å²) in [7, 11) is 0. The van der Waals surface area contributed by atoms with Crippen molar-refractivity contribution in [2.24, 2.45) is 0 Å². The van der Waals surface area contributed by atoms with Gasteiger partial charge in [0, 0.05) is 21.5 Å². The molecule has 0 saturated carbocycles. The fourth-order valence-electron chi connectivity index (χ4n) is 3.47. The Kier molecular flexibility index (Phi) is 5.31. The van der Waals surface area contributed by atoms with Gasteiger partial charge in [0.25, 0.3) is 5.91 Å². The number of ketones is 1. The van der Waals surface area contributed by atoms with Crippen molar-refractivity contribution in [3.8, 4) is 0 Å². The topological polar surface area (TPSA) is 83.6 Å². The monoisotopic (exact) mass is 480 g/mol. The molecule has 0 saturated heterocycles. The van der Waals surface area contributed by atoms with Crippen LogP contribution < -0.4 is 4.90 Å². The summed E-state index contributed by atoms with van der Waals surface area (Å²) < 4.78 is 6.29. The van der Waals surface area contributed by atoms with E-state index in [1.54, 1.807) is 60.7 Å².